The van der Waals surface area contributed by atoms with E-state index in [9.17, 15) is 0 Å². The molecule has 1 N–H and O–H groups in total. The van der Waals surface area contributed by atoms with Crippen LogP contribution in [0.4, 0.5) is 0 Å². The topological polar surface area (TPSA) is 47.0 Å². The molecule has 0 saturated heterocycles. The van der Waals surface area contributed by atoms with Crippen molar-refractivity contribution in [2.24, 2.45) is 0 Å². The van der Waals surface area contributed by atoms with Crippen molar-refractivity contribution in [1.29, 1.82) is 0 Å². The van der Waals surface area contributed by atoms with E-state index >= 15 is 0 Å². The van der Waals surface area contributed by atoms with Gasteiger partial charge >= 0.3 is 0 Å². The molecular weight excluding hydrogens is 302 g/mol. The van der Waals surface area contributed by atoms with Gasteiger partial charge in [-0.2, -0.15) is 4.37 Å². The number of nitrogens with one attached hydrogen (secondary N) is 1. The highest BCUT2D eigenvalue weighted by molar-refractivity contribution is 8.00. The Morgan fingerprint density at radius 1 is 1.29 bits per heavy atom. The van der Waals surface area contributed by atoms with E-state index in [4.69, 9.17) is 4.74 Å². The van der Waals surface area contributed by atoms with E-state index in [2.05, 4.69) is 40.7 Å². The Hall–Kier alpha value is -1.11. The summed E-state index contributed by atoms with van der Waals surface area (Å²) in [5.74, 6) is 2.77. The number of rotatable bonds is 8. The number of nitrogens with zero attached hydrogens (tertiary/aromatic N) is 2. The number of hydrogen-bond acceptors (Lipinski definition) is 6. The van der Waals surface area contributed by atoms with Crippen LogP contribution in [-0.2, 0) is 6.42 Å². The van der Waals surface area contributed by atoms with Crippen LogP contribution in [0.15, 0.2) is 28.6 Å². The smallest absolute Gasteiger partial charge is 0.170 e. The molecule has 1 aromatic heterocycles. The lowest BCUT2D eigenvalue weighted by Crippen LogP contribution is -2.22. The molecule has 0 spiro atoms. The summed E-state index contributed by atoms with van der Waals surface area (Å²) in [6.45, 7) is 5.14. The molecule has 0 amide bonds. The van der Waals surface area contributed by atoms with Crippen LogP contribution in [0.25, 0.3) is 0 Å². The monoisotopic (exact) mass is 323 g/mol. The van der Waals surface area contributed by atoms with E-state index in [1.165, 1.54) is 17.1 Å². The van der Waals surface area contributed by atoms with Crippen LogP contribution < -0.4 is 10.1 Å². The molecular formula is C15H21N3OS2. The molecule has 114 valence electrons. The average molecular weight is 323 g/mol. The summed E-state index contributed by atoms with van der Waals surface area (Å²) < 4.78 is 10.6. The zero-order valence-corrected chi connectivity index (χ0v) is 14.3. The Morgan fingerprint density at radius 3 is 2.62 bits per heavy atom. The Labute approximate surface area is 134 Å². The van der Waals surface area contributed by atoms with Gasteiger partial charge in [0.15, 0.2) is 4.34 Å². The molecule has 6 heteroatoms. The fourth-order valence-electron chi connectivity index (χ4n) is 1.95. The number of aryl methyl sites for hydroxylation is 1. The quantitative estimate of drug-likeness (QED) is 0.753. The summed E-state index contributed by atoms with van der Waals surface area (Å²) in [5.41, 5.74) is 1.27. The van der Waals surface area contributed by atoms with E-state index in [1.54, 1.807) is 18.9 Å². The minimum Gasteiger partial charge on any atom is -0.497 e. The number of aromatic nitrogens is 2. The van der Waals surface area contributed by atoms with Crippen molar-refractivity contribution in [1.82, 2.24) is 14.7 Å². The molecule has 1 atom stereocenters. The van der Waals surface area contributed by atoms with Crippen molar-refractivity contribution >= 4 is 23.3 Å². The van der Waals surface area contributed by atoms with Crippen LogP contribution in [-0.4, -0.2) is 28.8 Å². The molecule has 0 aliphatic carbocycles. The Bertz CT molecular complexity index is 542. The van der Waals surface area contributed by atoms with Crippen LogP contribution in [0, 0.1) is 0 Å². The summed E-state index contributed by atoms with van der Waals surface area (Å²) >= 11 is 3.25. The predicted octanol–water partition coefficient (Wildman–Crippen LogP) is 3.55. The number of ether oxygens (including phenoxy) is 1. The largest absolute Gasteiger partial charge is 0.497 e. The van der Waals surface area contributed by atoms with Crippen molar-refractivity contribution in [3.8, 4) is 5.75 Å². The third-order valence-corrected chi connectivity index (χ3v) is 5.07. The average Bonchev–Trinajstić information content (AvgIpc) is 2.99. The molecule has 2 rings (SSSR count). The van der Waals surface area contributed by atoms with Crippen molar-refractivity contribution in [3.63, 3.8) is 0 Å². The Balaban J connectivity index is 2.00. The molecule has 0 saturated carbocycles. The zero-order chi connectivity index (χ0) is 15.1. The maximum Gasteiger partial charge on any atom is 0.170 e. The standard InChI is InChI=1S/C15H21N3OS2/c1-4-14-17-15(21-18-14)20-10-13(16-5-2)11-6-8-12(19-3)9-7-11/h6-9,13,16H,4-5,10H2,1-3H3. The highest BCUT2D eigenvalue weighted by atomic mass is 32.2. The highest BCUT2D eigenvalue weighted by Crippen LogP contribution is 2.27. The number of hydrogen-bond donors (Lipinski definition) is 1. The van der Waals surface area contributed by atoms with E-state index in [-0.39, 0.29) is 0 Å². The van der Waals surface area contributed by atoms with Crippen LogP contribution in [0.3, 0.4) is 0 Å². The maximum atomic E-state index is 5.21. The van der Waals surface area contributed by atoms with Gasteiger partial charge in [0.2, 0.25) is 0 Å². The van der Waals surface area contributed by atoms with E-state index in [1.807, 2.05) is 12.1 Å². The summed E-state index contributed by atoms with van der Waals surface area (Å²) in [7, 11) is 1.69. The fourth-order valence-corrected chi connectivity index (χ4v) is 3.77. The molecule has 1 unspecified atom stereocenters. The van der Waals surface area contributed by atoms with Crippen molar-refractivity contribution in [2.75, 3.05) is 19.4 Å². The SMILES string of the molecule is CCNC(CSc1nc(CC)ns1)c1ccc(OC)cc1. The molecule has 21 heavy (non-hydrogen) atoms. The van der Waals surface area contributed by atoms with Gasteiger partial charge in [0, 0.05) is 18.2 Å². The second kappa shape index (κ2) is 8.36. The molecule has 0 aliphatic heterocycles. The Kier molecular flexibility index (Phi) is 6.48. The zero-order valence-electron chi connectivity index (χ0n) is 12.6. The summed E-state index contributed by atoms with van der Waals surface area (Å²) in [6.07, 6.45) is 0.895. The summed E-state index contributed by atoms with van der Waals surface area (Å²) in [5, 5.41) is 3.52. The number of benzene rings is 1. The van der Waals surface area contributed by atoms with Crippen molar-refractivity contribution in [2.45, 2.75) is 30.6 Å². The molecule has 0 bridgehead atoms. The maximum absolute atomic E-state index is 5.21. The normalized spacial score (nSPS) is 12.3. The van der Waals surface area contributed by atoms with Crippen molar-refractivity contribution in [3.05, 3.63) is 35.7 Å². The van der Waals surface area contributed by atoms with E-state index in [0.717, 1.165) is 34.6 Å². The van der Waals surface area contributed by atoms with Gasteiger partial charge in [-0.25, -0.2) is 4.98 Å². The summed E-state index contributed by atoms with van der Waals surface area (Å²) in [6, 6.07) is 8.55. The van der Waals surface area contributed by atoms with Gasteiger partial charge in [-0.15, -0.1) is 0 Å². The summed E-state index contributed by atoms with van der Waals surface area (Å²) in [4.78, 5) is 4.50. The lowest BCUT2D eigenvalue weighted by Gasteiger charge is -2.17. The third kappa shape index (κ3) is 4.69. The lowest BCUT2D eigenvalue weighted by molar-refractivity contribution is 0.414. The first-order chi connectivity index (χ1) is 10.3. The lowest BCUT2D eigenvalue weighted by atomic mass is 10.1. The number of methoxy groups -OCH3 is 1. The van der Waals surface area contributed by atoms with Crippen LogP contribution in [0.5, 0.6) is 5.75 Å². The predicted molar refractivity (Wildman–Crippen MR) is 89.4 cm³/mol. The van der Waals surface area contributed by atoms with Gasteiger partial charge < -0.3 is 10.1 Å². The Morgan fingerprint density at radius 2 is 2.05 bits per heavy atom. The highest BCUT2D eigenvalue weighted by Gasteiger charge is 2.13. The van der Waals surface area contributed by atoms with Gasteiger partial charge in [-0.1, -0.05) is 37.7 Å². The van der Waals surface area contributed by atoms with Gasteiger partial charge in [0.25, 0.3) is 0 Å². The molecule has 1 heterocycles. The molecule has 1 aromatic carbocycles. The molecule has 0 radical (unpaired) electrons. The van der Waals surface area contributed by atoms with Gasteiger partial charge in [-0.05, 0) is 35.8 Å². The van der Waals surface area contributed by atoms with Crippen LogP contribution in [0.2, 0.25) is 0 Å². The van der Waals surface area contributed by atoms with Gasteiger partial charge in [0.05, 0.1) is 7.11 Å². The van der Waals surface area contributed by atoms with Crippen molar-refractivity contribution < 1.29 is 4.74 Å². The molecule has 0 fully saturated rings. The first-order valence-electron chi connectivity index (χ1n) is 7.09. The second-order valence-corrected chi connectivity index (χ2v) is 6.54. The molecule has 0 aliphatic rings. The van der Waals surface area contributed by atoms with Gasteiger partial charge in [-0.3, -0.25) is 0 Å². The molecule has 2 aromatic rings. The van der Waals surface area contributed by atoms with Crippen LogP contribution >= 0.6 is 23.3 Å². The third-order valence-electron chi connectivity index (χ3n) is 3.11. The van der Waals surface area contributed by atoms with Gasteiger partial charge in [0.1, 0.15) is 11.6 Å². The minimum absolute atomic E-state index is 0.305. The number of thioether (sulfide) groups is 1. The van der Waals surface area contributed by atoms with E-state index in [0.29, 0.717) is 6.04 Å². The minimum atomic E-state index is 0.305. The second-order valence-electron chi connectivity index (χ2n) is 4.52. The van der Waals surface area contributed by atoms with E-state index < -0.39 is 0 Å². The first kappa shape index (κ1) is 16.3. The fraction of sp³-hybridized carbons (Fsp3) is 0.467. The first-order valence-corrected chi connectivity index (χ1v) is 8.85. The molecule has 4 nitrogen and oxygen atoms in total. The van der Waals surface area contributed by atoms with Crippen LogP contribution in [0.1, 0.15) is 31.3 Å².